The lowest BCUT2D eigenvalue weighted by Crippen LogP contribution is -2.56. The van der Waals surface area contributed by atoms with E-state index >= 15 is 0 Å². The zero-order valence-electron chi connectivity index (χ0n) is 40.1. The third kappa shape index (κ3) is 12.7. The van der Waals surface area contributed by atoms with Crippen molar-refractivity contribution < 1.29 is 33.4 Å². The SMILES string of the molecule is CCCCc1ccc(-c2ccn(-c3ccc(C(=O)NC(CCN)C(=O)N(C)[C@@H]4C(=O)N[C@@H](C)C(=O)N[C@H](C(=O)NCC#N)Cc5ccc(OCCN)c(c5)-c5cc4ccc5OCCN)c(C)c3)n2)cc1. The monoisotopic (exact) mass is 953 g/mol. The Morgan fingerprint density at radius 2 is 1.60 bits per heavy atom. The van der Waals surface area contributed by atoms with Crippen LogP contribution in [0.1, 0.15) is 71.8 Å². The predicted molar refractivity (Wildman–Crippen MR) is 266 cm³/mol. The number of likely N-dealkylation sites (N-methyl/N-ethyl adjacent to an activating group) is 1. The number of rotatable bonds is 19. The van der Waals surface area contributed by atoms with Crippen molar-refractivity contribution in [3.8, 4) is 45.6 Å². The molecule has 4 atom stereocenters. The summed E-state index contributed by atoms with van der Waals surface area (Å²) in [6.45, 7) is 5.81. The molecule has 4 bridgehead atoms. The zero-order chi connectivity index (χ0) is 50.3. The standard InChI is InChI=1S/C52H63N11O7/c1-5-6-7-34-8-11-36(12-9-34)42-19-25-63(61-42)38-14-15-39(32(2)28-38)49(65)59-43(18-20-53)52(68)62(4)47-37-13-17-46(70-27-23-56)41(31-37)40-29-35(10-16-45(40)69-26-22-55)30-44(50(66)57-24-21-54)60-48(64)33(3)58-51(47)67/h8-17,19,25,28-29,31,33,43-44,47H,5-7,18,20,22-24,26-27,30,53,55-56H2,1-4H3,(H,57,66)(H,58,67)(H,59,65)(H,60,64)/t33-,43?,44-,47-/m0/s1. The number of unbranched alkanes of at least 4 members (excludes halogenated alkanes) is 1. The number of aromatic nitrogens is 2. The Morgan fingerprint density at radius 1 is 0.900 bits per heavy atom. The molecule has 5 amide bonds. The van der Waals surface area contributed by atoms with Crippen molar-refractivity contribution in [3.63, 3.8) is 0 Å². The molecule has 1 aliphatic heterocycles. The Balaban J connectivity index is 1.33. The molecule has 0 spiro atoms. The molecule has 6 rings (SSSR count). The first-order valence-corrected chi connectivity index (χ1v) is 23.5. The van der Waals surface area contributed by atoms with E-state index < -0.39 is 53.7 Å². The maximum atomic E-state index is 14.7. The highest BCUT2D eigenvalue weighted by Gasteiger charge is 2.36. The van der Waals surface area contributed by atoms with E-state index in [1.165, 1.54) is 24.4 Å². The highest BCUT2D eigenvalue weighted by molar-refractivity contribution is 6.00. The Kier molecular flexibility index (Phi) is 18.2. The van der Waals surface area contributed by atoms with Crippen molar-refractivity contribution in [2.24, 2.45) is 17.2 Å². The summed E-state index contributed by atoms with van der Waals surface area (Å²) >= 11 is 0. The number of aryl methyl sites for hydroxylation is 2. The van der Waals surface area contributed by atoms with Crippen LogP contribution >= 0.6 is 0 Å². The number of benzene rings is 4. The molecule has 1 unspecified atom stereocenters. The highest BCUT2D eigenvalue weighted by atomic mass is 16.5. The first-order chi connectivity index (χ1) is 33.8. The molecular weight excluding hydrogens is 891 g/mol. The zero-order valence-corrected chi connectivity index (χ0v) is 40.1. The van der Waals surface area contributed by atoms with Crippen molar-refractivity contribution in [3.05, 3.63) is 119 Å². The number of ether oxygens (including phenoxy) is 2. The minimum atomic E-state index is -1.39. The third-order valence-corrected chi connectivity index (χ3v) is 12.0. The molecule has 0 radical (unpaired) electrons. The van der Waals surface area contributed by atoms with Crippen molar-refractivity contribution in [1.29, 1.82) is 5.26 Å². The molecule has 70 heavy (non-hydrogen) atoms. The summed E-state index contributed by atoms with van der Waals surface area (Å²) in [7, 11) is 1.43. The highest BCUT2D eigenvalue weighted by Crippen LogP contribution is 2.40. The molecule has 4 aromatic carbocycles. The van der Waals surface area contributed by atoms with E-state index in [-0.39, 0.29) is 52.2 Å². The summed E-state index contributed by atoms with van der Waals surface area (Å²) in [5, 5.41) is 24.8. The molecule has 0 aliphatic carbocycles. The number of carbonyl (C=O) groups is 5. The quantitative estimate of drug-likeness (QED) is 0.0588. The summed E-state index contributed by atoms with van der Waals surface area (Å²) < 4.78 is 14.0. The first-order valence-electron chi connectivity index (χ1n) is 23.5. The summed E-state index contributed by atoms with van der Waals surface area (Å²) in [4.78, 5) is 71.8. The van der Waals surface area contributed by atoms with E-state index in [4.69, 9.17) is 31.8 Å². The molecule has 368 valence electrons. The van der Waals surface area contributed by atoms with Gasteiger partial charge in [0, 0.05) is 55.0 Å². The van der Waals surface area contributed by atoms with Crippen molar-refractivity contribution >= 4 is 29.5 Å². The van der Waals surface area contributed by atoms with Crippen LogP contribution in [0.5, 0.6) is 11.5 Å². The van der Waals surface area contributed by atoms with Gasteiger partial charge in [-0.3, -0.25) is 24.0 Å². The lowest BCUT2D eigenvalue weighted by Gasteiger charge is -2.32. The topological polar surface area (TPSA) is 275 Å². The van der Waals surface area contributed by atoms with Gasteiger partial charge in [-0.05, 0) is 110 Å². The molecule has 1 aromatic heterocycles. The van der Waals surface area contributed by atoms with Gasteiger partial charge in [0.2, 0.25) is 23.6 Å². The van der Waals surface area contributed by atoms with Gasteiger partial charge >= 0.3 is 0 Å². The summed E-state index contributed by atoms with van der Waals surface area (Å²) in [5.74, 6) is -2.45. The Bertz CT molecular complexity index is 2700. The number of nitrogens with one attached hydrogen (secondary N) is 4. The second-order valence-corrected chi connectivity index (χ2v) is 17.1. The van der Waals surface area contributed by atoms with Crippen LogP contribution in [0.15, 0.2) is 91.1 Å². The molecule has 1 aliphatic rings. The number of fused-ring (bicyclic) bond motifs is 5. The fraction of sp³-hybridized carbons (Fsp3) is 0.365. The average Bonchev–Trinajstić information content (AvgIpc) is 3.86. The fourth-order valence-corrected chi connectivity index (χ4v) is 8.26. The molecular formula is C52H63N11O7. The Labute approximate surface area is 408 Å². The smallest absolute Gasteiger partial charge is 0.252 e. The van der Waals surface area contributed by atoms with Gasteiger partial charge in [0.05, 0.1) is 17.5 Å². The molecule has 5 aromatic rings. The van der Waals surface area contributed by atoms with Crippen LogP contribution in [0.2, 0.25) is 0 Å². The van der Waals surface area contributed by atoms with Crippen LogP contribution in [0.25, 0.3) is 28.1 Å². The van der Waals surface area contributed by atoms with Gasteiger partial charge in [-0.15, -0.1) is 0 Å². The number of carbonyl (C=O) groups excluding carboxylic acids is 5. The summed E-state index contributed by atoms with van der Waals surface area (Å²) in [5.41, 5.74) is 24.4. The molecule has 0 saturated carbocycles. The van der Waals surface area contributed by atoms with Gasteiger partial charge < -0.3 is 52.8 Å². The van der Waals surface area contributed by atoms with Crippen molar-refractivity contribution in [2.75, 3.05) is 46.4 Å². The largest absolute Gasteiger partial charge is 0.492 e. The van der Waals surface area contributed by atoms with Crippen LogP contribution in [0, 0.1) is 18.3 Å². The number of hydrogen-bond acceptors (Lipinski definition) is 12. The van der Waals surface area contributed by atoms with Crippen LogP contribution in [-0.2, 0) is 32.0 Å². The Morgan fingerprint density at radius 3 is 2.26 bits per heavy atom. The Hall–Kier alpha value is -7.59. The van der Waals surface area contributed by atoms with Crippen molar-refractivity contribution in [1.82, 2.24) is 35.9 Å². The number of nitrogens with zero attached hydrogens (tertiary/aromatic N) is 4. The predicted octanol–water partition coefficient (Wildman–Crippen LogP) is 3.36. The third-order valence-electron chi connectivity index (χ3n) is 12.0. The van der Waals surface area contributed by atoms with Crippen LogP contribution in [-0.4, -0.2) is 109 Å². The molecule has 0 saturated heterocycles. The second-order valence-electron chi connectivity index (χ2n) is 17.1. The molecule has 0 fully saturated rings. The van der Waals surface area contributed by atoms with Gasteiger partial charge in [0.1, 0.15) is 55.4 Å². The first kappa shape index (κ1) is 51.8. The van der Waals surface area contributed by atoms with Crippen molar-refractivity contribution in [2.45, 2.75) is 77.0 Å². The average molecular weight is 954 g/mol. The van der Waals surface area contributed by atoms with Crippen LogP contribution in [0.3, 0.4) is 0 Å². The lowest BCUT2D eigenvalue weighted by atomic mass is 9.93. The van der Waals surface area contributed by atoms with Crippen LogP contribution < -0.4 is 47.9 Å². The van der Waals surface area contributed by atoms with Gasteiger partial charge in [0.15, 0.2) is 0 Å². The van der Waals surface area contributed by atoms with E-state index in [1.807, 2.05) is 24.4 Å². The lowest BCUT2D eigenvalue weighted by molar-refractivity contribution is -0.141. The van der Waals surface area contributed by atoms with Gasteiger partial charge in [0.25, 0.3) is 5.91 Å². The number of nitriles is 1. The van der Waals surface area contributed by atoms with E-state index in [1.54, 1.807) is 60.1 Å². The summed E-state index contributed by atoms with van der Waals surface area (Å²) in [6.07, 6.45) is 5.18. The minimum Gasteiger partial charge on any atom is -0.492 e. The molecule has 18 heteroatoms. The van der Waals surface area contributed by atoms with E-state index in [0.717, 1.165) is 36.2 Å². The van der Waals surface area contributed by atoms with Gasteiger partial charge in [-0.2, -0.15) is 10.4 Å². The molecule has 18 nitrogen and oxygen atoms in total. The van der Waals surface area contributed by atoms with E-state index in [2.05, 4.69) is 52.5 Å². The maximum absolute atomic E-state index is 14.7. The van der Waals surface area contributed by atoms with E-state index in [0.29, 0.717) is 44.9 Å². The van der Waals surface area contributed by atoms with Gasteiger partial charge in [-0.25, -0.2) is 4.68 Å². The molecule has 2 heterocycles. The molecule has 10 N–H and O–H groups in total. The number of nitrogens with two attached hydrogens (primary N) is 3. The van der Waals surface area contributed by atoms with E-state index in [9.17, 15) is 29.2 Å². The summed E-state index contributed by atoms with van der Waals surface area (Å²) in [6, 6.07) is 22.7. The maximum Gasteiger partial charge on any atom is 0.252 e. The fourth-order valence-electron chi connectivity index (χ4n) is 8.26. The van der Waals surface area contributed by atoms with Crippen LogP contribution in [0.4, 0.5) is 0 Å². The minimum absolute atomic E-state index is 0.00415. The van der Waals surface area contributed by atoms with Gasteiger partial charge in [-0.1, -0.05) is 49.7 Å². The number of amides is 5. The second kappa shape index (κ2) is 24.6. The normalized spacial score (nSPS) is 16.1. The number of hydrogen-bond donors (Lipinski definition) is 7.